The van der Waals surface area contributed by atoms with Crippen LogP contribution in [0.2, 0.25) is 5.02 Å². The SMILES string of the molecule is OCCCNc1nc(Nc2ccc(I)cc2Cl)cc(C2CC2)n1. The fourth-order valence-electron chi connectivity index (χ4n) is 2.21. The predicted molar refractivity (Wildman–Crippen MR) is 102 cm³/mol. The van der Waals surface area contributed by atoms with E-state index in [1.807, 2.05) is 24.3 Å². The van der Waals surface area contributed by atoms with Crippen LogP contribution < -0.4 is 10.6 Å². The van der Waals surface area contributed by atoms with Crippen LogP contribution in [-0.4, -0.2) is 28.2 Å². The molecule has 1 fully saturated rings. The number of aromatic nitrogens is 2. The Hall–Kier alpha value is -1.12. The smallest absolute Gasteiger partial charge is 0.224 e. The van der Waals surface area contributed by atoms with E-state index in [4.69, 9.17) is 16.7 Å². The van der Waals surface area contributed by atoms with Crippen molar-refractivity contribution in [1.82, 2.24) is 9.97 Å². The topological polar surface area (TPSA) is 70.1 Å². The van der Waals surface area contributed by atoms with Gasteiger partial charge in [-0.15, -0.1) is 0 Å². The van der Waals surface area contributed by atoms with Crippen LogP contribution in [0.4, 0.5) is 17.5 Å². The number of rotatable bonds is 7. The number of nitrogens with zero attached hydrogens (tertiary/aromatic N) is 2. The fraction of sp³-hybridized carbons (Fsp3) is 0.375. The number of hydrogen-bond acceptors (Lipinski definition) is 5. The summed E-state index contributed by atoms with van der Waals surface area (Å²) in [7, 11) is 0. The number of nitrogens with one attached hydrogen (secondary N) is 2. The maximum Gasteiger partial charge on any atom is 0.224 e. The third-order valence-electron chi connectivity index (χ3n) is 3.55. The summed E-state index contributed by atoms with van der Waals surface area (Å²) in [4.78, 5) is 9.07. The van der Waals surface area contributed by atoms with Gasteiger partial charge in [-0.1, -0.05) is 11.6 Å². The summed E-state index contributed by atoms with van der Waals surface area (Å²) in [6.07, 6.45) is 3.02. The number of benzene rings is 1. The van der Waals surface area contributed by atoms with Crippen LogP contribution in [0.25, 0.3) is 0 Å². The van der Waals surface area contributed by atoms with Gasteiger partial charge in [0.2, 0.25) is 5.95 Å². The molecule has 3 rings (SSSR count). The molecule has 0 atom stereocenters. The largest absolute Gasteiger partial charge is 0.396 e. The van der Waals surface area contributed by atoms with Gasteiger partial charge in [0, 0.05) is 28.7 Å². The molecular weight excluding hydrogens is 427 g/mol. The van der Waals surface area contributed by atoms with E-state index in [-0.39, 0.29) is 6.61 Å². The molecule has 0 radical (unpaired) electrons. The van der Waals surface area contributed by atoms with Gasteiger partial charge in [0.05, 0.1) is 16.4 Å². The van der Waals surface area contributed by atoms with Gasteiger partial charge in [-0.25, -0.2) is 4.98 Å². The zero-order valence-electron chi connectivity index (χ0n) is 12.5. The minimum Gasteiger partial charge on any atom is -0.396 e. The fourth-order valence-corrected chi connectivity index (χ4v) is 3.11. The molecule has 0 saturated heterocycles. The maximum absolute atomic E-state index is 8.89. The highest BCUT2D eigenvalue weighted by atomic mass is 127. The Balaban J connectivity index is 1.82. The second-order valence-corrected chi connectivity index (χ2v) is 7.18. The Labute approximate surface area is 154 Å². The van der Waals surface area contributed by atoms with E-state index in [0.717, 1.165) is 20.8 Å². The van der Waals surface area contributed by atoms with Crippen LogP contribution in [0, 0.1) is 3.57 Å². The van der Waals surface area contributed by atoms with E-state index in [1.165, 1.54) is 12.8 Å². The van der Waals surface area contributed by atoms with Crippen molar-refractivity contribution in [2.24, 2.45) is 0 Å². The molecule has 23 heavy (non-hydrogen) atoms. The molecule has 1 saturated carbocycles. The van der Waals surface area contributed by atoms with Crippen LogP contribution in [0.5, 0.6) is 0 Å². The molecule has 1 aliphatic carbocycles. The van der Waals surface area contributed by atoms with Gasteiger partial charge in [-0.2, -0.15) is 4.98 Å². The van der Waals surface area contributed by atoms with Gasteiger partial charge in [-0.05, 0) is 60.1 Å². The molecule has 0 aliphatic heterocycles. The first-order valence-electron chi connectivity index (χ1n) is 7.61. The van der Waals surface area contributed by atoms with E-state index in [0.29, 0.717) is 29.9 Å². The lowest BCUT2D eigenvalue weighted by Gasteiger charge is -2.12. The lowest BCUT2D eigenvalue weighted by atomic mass is 10.2. The molecule has 3 N–H and O–H groups in total. The van der Waals surface area contributed by atoms with E-state index in [2.05, 4.69) is 43.2 Å². The second kappa shape index (κ2) is 7.63. The van der Waals surface area contributed by atoms with Gasteiger partial charge in [0.15, 0.2) is 0 Å². The van der Waals surface area contributed by atoms with Gasteiger partial charge in [0.1, 0.15) is 5.82 Å². The van der Waals surface area contributed by atoms with Gasteiger partial charge >= 0.3 is 0 Å². The Bertz CT molecular complexity index is 694. The lowest BCUT2D eigenvalue weighted by molar-refractivity contribution is 0.292. The Morgan fingerprint density at radius 1 is 1.26 bits per heavy atom. The zero-order chi connectivity index (χ0) is 16.2. The third kappa shape index (κ3) is 4.68. The first kappa shape index (κ1) is 16.7. The minimum atomic E-state index is 0.151. The summed E-state index contributed by atoms with van der Waals surface area (Å²) in [6, 6.07) is 7.84. The van der Waals surface area contributed by atoms with Gasteiger partial charge in [-0.3, -0.25) is 0 Å². The van der Waals surface area contributed by atoms with Crippen molar-refractivity contribution in [2.45, 2.75) is 25.2 Å². The summed E-state index contributed by atoms with van der Waals surface area (Å²) in [5, 5.41) is 16.0. The maximum atomic E-state index is 8.89. The molecule has 1 aromatic heterocycles. The first-order chi connectivity index (χ1) is 11.2. The van der Waals surface area contributed by atoms with Crippen molar-refractivity contribution >= 4 is 51.6 Å². The van der Waals surface area contributed by atoms with E-state index in [1.54, 1.807) is 0 Å². The van der Waals surface area contributed by atoms with E-state index < -0.39 is 0 Å². The lowest BCUT2D eigenvalue weighted by Crippen LogP contribution is -2.09. The first-order valence-corrected chi connectivity index (χ1v) is 9.07. The number of aliphatic hydroxyl groups is 1. The van der Waals surface area contributed by atoms with Crippen LogP contribution >= 0.6 is 34.2 Å². The molecule has 5 nitrogen and oxygen atoms in total. The quantitative estimate of drug-likeness (QED) is 0.442. The molecule has 122 valence electrons. The van der Waals surface area contributed by atoms with E-state index >= 15 is 0 Å². The van der Waals surface area contributed by atoms with Gasteiger partial charge < -0.3 is 15.7 Å². The zero-order valence-corrected chi connectivity index (χ0v) is 15.4. The van der Waals surface area contributed by atoms with Crippen molar-refractivity contribution in [1.29, 1.82) is 0 Å². The molecule has 1 aromatic carbocycles. The minimum absolute atomic E-state index is 0.151. The van der Waals surface area contributed by atoms with Crippen molar-refractivity contribution in [3.8, 4) is 0 Å². The van der Waals surface area contributed by atoms with Gasteiger partial charge in [0.25, 0.3) is 0 Å². The van der Waals surface area contributed by atoms with Crippen LogP contribution in [-0.2, 0) is 0 Å². The molecule has 1 aliphatic rings. The number of anilines is 3. The Morgan fingerprint density at radius 2 is 2.09 bits per heavy atom. The number of aliphatic hydroxyl groups excluding tert-OH is 1. The second-order valence-electron chi connectivity index (χ2n) is 5.53. The molecule has 1 heterocycles. The molecule has 2 aromatic rings. The van der Waals surface area contributed by atoms with Crippen LogP contribution in [0.15, 0.2) is 24.3 Å². The van der Waals surface area contributed by atoms with Crippen molar-refractivity contribution in [3.05, 3.63) is 38.6 Å². The molecule has 0 unspecified atom stereocenters. The normalized spacial score (nSPS) is 13.9. The predicted octanol–water partition coefficient (Wildman–Crippen LogP) is 4.15. The average molecular weight is 445 g/mol. The molecule has 0 amide bonds. The summed E-state index contributed by atoms with van der Waals surface area (Å²) >= 11 is 8.51. The highest BCUT2D eigenvalue weighted by Crippen LogP contribution is 2.40. The number of hydrogen-bond donors (Lipinski definition) is 3. The van der Waals surface area contributed by atoms with E-state index in [9.17, 15) is 0 Å². The number of halogens is 2. The molecule has 0 spiro atoms. The van der Waals surface area contributed by atoms with Crippen molar-refractivity contribution in [3.63, 3.8) is 0 Å². The summed E-state index contributed by atoms with van der Waals surface area (Å²) in [5.74, 6) is 1.85. The monoisotopic (exact) mass is 444 g/mol. The Kier molecular flexibility index (Phi) is 5.55. The van der Waals surface area contributed by atoms with Crippen LogP contribution in [0.3, 0.4) is 0 Å². The molecular formula is C16H18ClIN4O. The summed E-state index contributed by atoms with van der Waals surface area (Å²) < 4.78 is 1.09. The van der Waals surface area contributed by atoms with Crippen LogP contribution in [0.1, 0.15) is 30.9 Å². The third-order valence-corrected chi connectivity index (χ3v) is 4.54. The Morgan fingerprint density at radius 3 is 2.78 bits per heavy atom. The standard InChI is InChI=1S/C16H18ClIN4O/c17-12-8-11(18)4-5-13(12)20-15-9-14(10-2-3-10)21-16(22-15)19-6-1-7-23/h4-5,8-10,23H,1-3,6-7H2,(H2,19,20,21,22). The highest BCUT2D eigenvalue weighted by Gasteiger charge is 2.26. The summed E-state index contributed by atoms with van der Waals surface area (Å²) in [5.41, 5.74) is 1.88. The molecule has 0 bridgehead atoms. The summed E-state index contributed by atoms with van der Waals surface area (Å²) in [6.45, 7) is 0.799. The average Bonchev–Trinajstić information content (AvgIpc) is 3.35. The molecule has 7 heteroatoms. The van der Waals surface area contributed by atoms with Crippen molar-refractivity contribution < 1.29 is 5.11 Å². The highest BCUT2D eigenvalue weighted by molar-refractivity contribution is 14.1. The van der Waals surface area contributed by atoms with Crippen molar-refractivity contribution in [2.75, 3.05) is 23.8 Å².